The van der Waals surface area contributed by atoms with E-state index in [1.807, 2.05) is 41.9 Å². The van der Waals surface area contributed by atoms with Gasteiger partial charge in [0.05, 0.1) is 5.69 Å². The van der Waals surface area contributed by atoms with E-state index in [0.717, 1.165) is 37.3 Å². The van der Waals surface area contributed by atoms with Crippen molar-refractivity contribution in [3.63, 3.8) is 0 Å². The molecule has 1 aromatic heterocycles. The van der Waals surface area contributed by atoms with Crippen molar-refractivity contribution in [2.45, 2.75) is 25.8 Å². The lowest BCUT2D eigenvalue weighted by Gasteiger charge is -2.23. The van der Waals surface area contributed by atoms with Crippen LogP contribution in [0.25, 0.3) is 5.69 Å². The lowest BCUT2D eigenvalue weighted by molar-refractivity contribution is 0.0930. The lowest BCUT2D eigenvalue weighted by atomic mass is 10.1. The summed E-state index contributed by atoms with van der Waals surface area (Å²) in [6, 6.07) is 9.74. The molecule has 5 nitrogen and oxygen atoms in total. The molecule has 1 aliphatic rings. The second-order valence-corrected chi connectivity index (χ2v) is 5.45. The van der Waals surface area contributed by atoms with E-state index >= 15 is 0 Å². The molecule has 118 valence electrons. The Balaban J connectivity index is 0.00000176. The fourth-order valence-electron chi connectivity index (χ4n) is 2.64. The summed E-state index contributed by atoms with van der Waals surface area (Å²) in [5.74, 6) is -0.00700. The van der Waals surface area contributed by atoms with Gasteiger partial charge in [-0.2, -0.15) is 5.10 Å². The first-order valence-corrected chi connectivity index (χ1v) is 7.37. The molecular weight excluding hydrogens is 300 g/mol. The summed E-state index contributed by atoms with van der Waals surface area (Å²) in [6.07, 6.45) is 3.93. The monoisotopic (exact) mass is 320 g/mol. The van der Waals surface area contributed by atoms with E-state index in [0.29, 0.717) is 5.56 Å². The molecule has 0 bridgehead atoms. The number of hydrogen-bond acceptors (Lipinski definition) is 3. The van der Waals surface area contributed by atoms with Crippen LogP contribution in [0.3, 0.4) is 0 Å². The van der Waals surface area contributed by atoms with Crippen LogP contribution in [-0.2, 0) is 0 Å². The third-order valence-corrected chi connectivity index (χ3v) is 3.84. The molecule has 0 radical (unpaired) electrons. The zero-order valence-corrected chi connectivity index (χ0v) is 13.4. The van der Waals surface area contributed by atoms with Crippen molar-refractivity contribution in [1.29, 1.82) is 0 Å². The fraction of sp³-hybridized carbons (Fsp3) is 0.375. The standard InChI is InChI=1S/C16H20N4O.ClH/c1-12-8-10-18-20(12)15-6-4-13(5-7-15)16(21)19-14-3-2-9-17-11-14;/h4-8,10,14,17H,2-3,9,11H2,1H3,(H,19,21);1H/t14-;/m0./s1. The second-order valence-electron chi connectivity index (χ2n) is 5.45. The summed E-state index contributed by atoms with van der Waals surface area (Å²) in [5, 5.41) is 10.6. The molecule has 0 aliphatic carbocycles. The summed E-state index contributed by atoms with van der Waals surface area (Å²) >= 11 is 0. The third kappa shape index (κ3) is 3.67. The van der Waals surface area contributed by atoms with Gasteiger partial charge in [-0.3, -0.25) is 4.79 Å². The van der Waals surface area contributed by atoms with Crippen LogP contribution in [0.1, 0.15) is 28.9 Å². The smallest absolute Gasteiger partial charge is 0.251 e. The van der Waals surface area contributed by atoms with Crippen molar-refractivity contribution < 1.29 is 4.79 Å². The molecule has 0 spiro atoms. The molecule has 3 rings (SSSR count). The van der Waals surface area contributed by atoms with Gasteiger partial charge in [-0.05, 0) is 56.6 Å². The maximum absolute atomic E-state index is 12.2. The van der Waals surface area contributed by atoms with Crippen molar-refractivity contribution in [3.8, 4) is 5.69 Å². The number of aromatic nitrogens is 2. The number of aryl methyl sites for hydroxylation is 1. The van der Waals surface area contributed by atoms with Gasteiger partial charge in [-0.1, -0.05) is 0 Å². The molecule has 2 N–H and O–H groups in total. The molecule has 2 aromatic rings. The Morgan fingerprint density at radius 3 is 2.68 bits per heavy atom. The molecule has 1 aliphatic heterocycles. The third-order valence-electron chi connectivity index (χ3n) is 3.84. The number of piperidine rings is 1. The van der Waals surface area contributed by atoms with Crippen LogP contribution in [0.15, 0.2) is 36.5 Å². The van der Waals surface area contributed by atoms with E-state index in [2.05, 4.69) is 15.7 Å². The summed E-state index contributed by atoms with van der Waals surface area (Å²) in [5.41, 5.74) is 2.72. The largest absolute Gasteiger partial charge is 0.348 e. The van der Waals surface area contributed by atoms with Crippen LogP contribution in [0, 0.1) is 6.92 Å². The number of rotatable bonds is 3. The fourth-order valence-corrected chi connectivity index (χ4v) is 2.64. The number of nitrogens with one attached hydrogen (secondary N) is 2. The summed E-state index contributed by atoms with van der Waals surface area (Å²) in [4.78, 5) is 12.2. The molecule has 1 amide bonds. The van der Waals surface area contributed by atoms with Gasteiger partial charge in [0.15, 0.2) is 0 Å². The zero-order valence-electron chi connectivity index (χ0n) is 12.6. The van der Waals surface area contributed by atoms with Crippen LogP contribution >= 0.6 is 12.4 Å². The number of benzene rings is 1. The summed E-state index contributed by atoms with van der Waals surface area (Å²) in [7, 11) is 0. The average molecular weight is 321 g/mol. The minimum Gasteiger partial charge on any atom is -0.348 e. The molecule has 0 unspecified atom stereocenters. The van der Waals surface area contributed by atoms with Gasteiger partial charge < -0.3 is 10.6 Å². The number of hydrogen-bond donors (Lipinski definition) is 2. The molecule has 0 saturated carbocycles. The molecule has 22 heavy (non-hydrogen) atoms. The van der Waals surface area contributed by atoms with E-state index in [1.165, 1.54) is 0 Å². The Hall–Kier alpha value is -1.85. The van der Waals surface area contributed by atoms with Crippen molar-refractivity contribution in [2.24, 2.45) is 0 Å². The summed E-state index contributed by atoms with van der Waals surface area (Å²) in [6.45, 7) is 3.91. The predicted octanol–water partition coefficient (Wildman–Crippen LogP) is 2.08. The highest BCUT2D eigenvalue weighted by molar-refractivity contribution is 5.94. The van der Waals surface area contributed by atoms with Gasteiger partial charge in [0.1, 0.15) is 0 Å². The molecule has 2 heterocycles. The van der Waals surface area contributed by atoms with Crippen LogP contribution in [-0.4, -0.2) is 34.8 Å². The second kappa shape index (κ2) is 7.42. The van der Waals surface area contributed by atoms with Gasteiger partial charge in [0.25, 0.3) is 5.91 Å². The van der Waals surface area contributed by atoms with Crippen LogP contribution < -0.4 is 10.6 Å². The molecule has 1 saturated heterocycles. The number of carbonyl (C=O) groups is 1. The normalized spacial score (nSPS) is 17.6. The first-order chi connectivity index (χ1) is 10.2. The highest BCUT2D eigenvalue weighted by Crippen LogP contribution is 2.12. The van der Waals surface area contributed by atoms with Crippen molar-refractivity contribution in [1.82, 2.24) is 20.4 Å². The first-order valence-electron chi connectivity index (χ1n) is 7.37. The Bertz CT molecular complexity index is 617. The van der Waals surface area contributed by atoms with Crippen LogP contribution in [0.4, 0.5) is 0 Å². The van der Waals surface area contributed by atoms with Gasteiger partial charge in [-0.25, -0.2) is 4.68 Å². The molecular formula is C16H21ClN4O. The van der Waals surface area contributed by atoms with Gasteiger partial charge in [0, 0.05) is 30.0 Å². The zero-order chi connectivity index (χ0) is 14.7. The topological polar surface area (TPSA) is 59.0 Å². The predicted molar refractivity (Wildman–Crippen MR) is 88.9 cm³/mol. The molecule has 1 aromatic carbocycles. The molecule has 1 fully saturated rings. The summed E-state index contributed by atoms with van der Waals surface area (Å²) < 4.78 is 1.85. The minimum atomic E-state index is -0.00700. The van der Waals surface area contributed by atoms with Crippen LogP contribution in [0.2, 0.25) is 0 Å². The van der Waals surface area contributed by atoms with Crippen molar-refractivity contribution in [2.75, 3.05) is 13.1 Å². The highest BCUT2D eigenvalue weighted by Gasteiger charge is 2.16. The van der Waals surface area contributed by atoms with Crippen molar-refractivity contribution >= 4 is 18.3 Å². The number of halogens is 1. The Morgan fingerprint density at radius 1 is 1.32 bits per heavy atom. The Kier molecular flexibility index (Phi) is 5.57. The van der Waals surface area contributed by atoms with E-state index in [9.17, 15) is 4.79 Å². The van der Waals surface area contributed by atoms with E-state index in [1.54, 1.807) is 6.20 Å². The van der Waals surface area contributed by atoms with Gasteiger partial charge in [0.2, 0.25) is 0 Å². The average Bonchev–Trinajstić information content (AvgIpc) is 2.94. The number of carbonyl (C=O) groups excluding carboxylic acids is 1. The SMILES string of the molecule is Cc1ccnn1-c1ccc(C(=O)N[C@H]2CCCNC2)cc1.Cl. The molecule has 1 atom stereocenters. The van der Waals surface area contributed by atoms with Crippen molar-refractivity contribution in [3.05, 3.63) is 47.8 Å². The minimum absolute atomic E-state index is 0. The Morgan fingerprint density at radius 2 is 2.09 bits per heavy atom. The van der Waals surface area contributed by atoms with Crippen LogP contribution in [0.5, 0.6) is 0 Å². The maximum atomic E-state index is 12.2. The number of amides is 1. The van der Waals surface area contributed by atoms with Gasteiger partial charge >= 0.3 is 0 Å². The molecule has 6 heteroatoms. The quantitative estimate of drug-likeness (QED) is 0.910. The van der Waals surface area contributed by atoms with Gasteiger partial charge in [-0.15, -0.1) is 12.4 Å². The maximum Gasteiger partial charge on any atom is 0.251 e. The lowest BCUT2D eigenvalue weighted by Crippen LogP contribution is -2.45. The first kappa shape index (κ1) is 16.5. The highest BCUT2D eigenvalue weighted by atomic mass is 35.5. The van der Waals surface area contributed by atoms with E-state index in [-0.39, 0.29) is 24.4 Å². The number of nitrogens with zero attached hydrogens (tertiary/aromatic N) is 2. The van der Waals surface area contributed by atoms with E-state index in [4.69, 9.17) is 0 Å². The van der Waals surface area contributed by atoms with E-state index < -0.39 is 0 Å². The Labute approximate surface area is 136 Å².